The first kappa shape index (κ1) is 22.8. The largest absolute Gasteiger partial charge is 0.463 e. The average molecular weight is 432 g/mol. The molecule has 0 aliphatic carbocycles. The molecule has 1 fully saturated rings. The van der Waals surface area contributed by atoms with Crippen LogP contribution in [0.4, 0.5) is 9.18 Å². The number of ether oxygens (including phenoxy) is 2. The molecule has 0 spiro atoms. The van der Waals surface area contributed by atoms with Crippen molar-refractivity contribution >= 4 is 18.0 Å². The van der Waals surface area contributed by atoms with Gasteiger partial charge in [-0.15, -0.1) is 0 Å². The van der Waals surface area contributed by atoms with Crippen LogP contribution in [0.15, 0.2) is 35.5 Å². The SMILES string of the molecule is CCOC(=O)C1=C2C[C@@H](c3ccc(F)cc3)N(C(=O)OC(C)(C)C)CCN2C(=O)CC1. The second-order valence-electron chi connectivity index (χ2n) is 8.64. The lowest BCUT2D eigenvalue weighted by Gasteiger charge is -2.32. The van der Waals surface area contributed by atoms with Gasteiger partial charge in [-0.05, 0) is 51.8 Å². The second kappa shape index (κ2) is 9.08. The van der Waals surface area contributed by atoms with Crippen molar-refractivity contribution in [1.29, 1.82) is 0 Å². The molecule has 1 aromatic rings. The number of halogens is 1. The number of hydrogen-bond acceptors (Lipinski definition) is 5. The van der Waals surface area contributed by atoms with Crippen LogP contribution in [0.3, 0.4) is 0 Å². The third-order valence-electron chi connectivity index (χ3n) is 5.30. The number of fused-ring (bicyclic) bond motifs is 1. The van der Waals surface area contributed by atoms with Gasteiger partial charge in [-0.2, -0.15) is 0 Å². The summed E-state index contributed by atoms with van der Waals surface area (Å²) in [6, 6.07) is 5.37. The Kier molecular flexibility index (Phi) is 6.67. The maximum absolute atomic E-state index is 13.6. The van der Waals surface area contributed by atoms with Crippen LogP contribution >= 0.6 is 0 Å². The lowest BCUT2D eigenvalue weighted by atomic mass is 9.94. The Bertz CT molecular complexity index is 888. The van der Waals surface area contributed by atoms with Gasteiger partial charge < -0.3 is 14.4 Å². The number of carbonyl (C=O) groups excluding carboxylic acids is 3. The zero-order valence-electron chi connectivity index (χ0n) is 18.4. The molecule has 2 aliphatic heterocycles. The van der Waals surface area contributed by atoms with Crippen molar-refractivity contribution in [3.05, 3.63) is 46.9 Å². The number of carbonyl (C=O) groups is 3. The van der Waals surface area contributed by atoms with Crippen molar-refractivity contribution in [2.45, 2.75) is 58.6 Å². The van der Waals surface area contributed by atoms with Crippen LogP contribution in [0.5, 0.6) is 0 Å². The van der Waals surface area contributed by atoms with Crippen molar-refractivity contribution in [3.63, 3.8) is 0 Å². The van der Waals surface area contributed by atoms with Crippen molar-refractivity contribution in [1.82, 2.24) is 9.80 Å². The zero-order valence-corrected chi connectivity index (χ0v) is 18.4. The Morgan fingerprint density at radius 1 is 1.13 bits per heavy atom. The lowest BCUT2D eigenvalue weighted by Crippen LogP contribution is -2.41. The summed E-state index contributed by atoms with van der Waals surface area (Å²) >= 11 is 0. The van der Waals surface area contributed by atoms with E-state index in [1.165, 1.54) is 12.1 Å². The third-order valence-corrected chi connectivity index (χ3v) is 5.30. The van der Waals surface area contributed by atoms with Gasteiger partial charge in [0.1, 0.15) is 11.4 Å². The van der Waals surface area contributed by atoms with E-state index in [4.69, 9.17) is 9.47 Å². The molecule has 1 aromatic carbocycles. The molecule has 8 heteroatoms. The smallest absolute Gasteiger partial charge is 0.410 e. The topological polar surface area (TPSA) is 76.2 Å². The number of amides is 2. The first-order valence-electron chi connectivity index (χ1n) is 10.5. The third kappa shape index (κ3) is 5.24. The van der Waals surface area contributed by atoms with Crippen LogP contribution in [0.2, 0.25) is 0 Å². The molecule has 31 heavy (non-hydrogen) atoms. The summed E-state index contributed by atoms with van der Waals surface area (Å²) in [4.78, 5) is 41.4. The molecule has 0 unspecified atom stereocenters. The van der Waals surface area contributed by atoms with Crippen LogP contribution in [-0.2, 0) is 19.1 Å². The van der Waals surface area contributed by atoms with E-state index in [0.29, 0.717) is 23.3 Å². The van der Waals surface area contributed by atoms with Crippen LogP contribution in [-0.4, -0.2) is 53.1 Å². The van der Waals surface area contributed by atoms with Gasteiger partial charge in [-0.1, -0.05) is 12.1 Å². The molecular weight excluding hydrogens is 403 g/mol. The number of benzene rings is 1. The maximum atomic E-state index is 13.6. The van der Waals surface area contributed by atoms with Gasteiger partial charge in [-0.25, -0.2) is 14.0 Å². The Labute approximate surface area is 181 Å². The minimum absolute atomic E-state index is 0.0908. The molecular formula is C23H29FN2O5. The van der Waals surface area contributed by atoms with Gasteiger partial charge in [0, 0.05) is 31.6 Å². The van der Waals surface area contributed by atoms with Crippen molar-refractivity contribution in [3.8, 4) is 0 Å². The van der Waals surface area contributed by atoms with Gasteiger partial charge >= 0.3 is 12.1 Å². The predicted octanol–water partition coefficient (Wildman–Crippen LogP) is 3.95. The molecule has 2 amide bonds. The van der Waals surface area contributed by atoms with Gasteiger partial charge in [0.25, 0.3) is 0 Å². The lowest BCUT2D eigenvalue weighted by molar-refractivity contribution is -0.139. The summed E-state index contributed by atoms with van der Waals surface area (Å²) < 4.78 is 24.4. The van der Waals surface area contributed by atoms with Crippen molar-refractivity contribution < 1.29 is 28.2 Å². The second-order valence-corrected chi connectivity index (χ2v) is 8.64. The molecule has 0 bridgehead atoms. The molecule has 0 radical (unpaired) electrons. The molecule has 2 aliphatic rings. The molecule has 0 saturated carbocycles. The minimum Gasteiger partial charge on any atom is -0.463 e. The summed E-state index contributed by atoms with van der Waals surface area (Å²) in [5.41, 5.74) is 1.02. The fourth-order valence-corrected chi connectivity index (χ4v) is 3.93. The van der Waals surface area contributed by atoms with E-state index in [9.17, 15) is 18.8 Å². The summed E-state index contributed by atoms with van der Waals surface area (Å²) in [6.45, 7) is 7.77. The highest BCUT2D eigenvalue weighted by Crippen LogP contribution is 2.37. The van der Waals surface area contributed by atoms with E-state index in [1.54, 1.807) is 49.6 Å². The zero-order chi connectivity index (χ0) is 22.8. The molecule has 7 nitrogen and oxygen atoms in total. The van der Waals surface area contributed by atoms with E-state index >= 15 is 0 Å². The molecule has 168 valence electrons. The van der Waals surface area contributed by atoms with Crippen LogP contribution in [0.25, 0.3) is 0 Å². The summed E-state index contributed by atoms with van der Waals surface area (Å²) in [5.74, 6) is -0.924. The van der Waals surface area contributed by atoms with Gasteiger partial charge in [0.15, 0.2) is 0 Å². The summed E-state index contributed by atoms with van der Waals surface area (Å²) in [7, 11) is 0. The van der Waals surface area contributed by atoms with E-state index in [0.717, 1.165) is 0 Å². The van der Waals surface area contributed by atoms with Crippen LogP contribution < -0.4 is 0 Å². The van der Waals surface area contributed by atoms with E-state index in [2.05, 4.69) is 0 Å². The van der Waals surface area contributed by atoms with Crippen molar-refractivity contribution in [2.24, 2.45) is 0 Å². The maximum Gasteiger partial charge on any atom is 0.410 e. The molecule has 1 atom stereocenters. The fourth-order valence-electron chi connectivity index (χ4n) is 3.93. The monoisotopic (exact) mass is 432 g/mol. The van der Waals surface area contributed by atoms with Gasteiger partial charge in [0.2, 0.25) is 5.91 Å². The number of nitrogens with zero attached hydrogens (tertiary/aromatic N) is 2. The Morgan fingerprint density at radius 3 is 2.42 bits per heavy atom. The summed E-state index contributed by atoms with van der Waals surface area (Å²) in [6.07, 6.45) is 0.217. The Hall–Kier alpha value is -2.90. The highest BCUT2D eigenvalue weighted by Gasteiger charge is 2.39. The van der Waals surface area contributed by atoms with E-state index in [-0.39, 0.29) is 44.3 Å². The predicted molar refractivity (Wildman–Crippen MR) is 111 cm³/mol. The standard InChI is InChI=1S/C23H29FN2O5/c1-5-30-21(28)17-10-11-20(27)25-12-13-26(22(29)31-23(2,3)4)18(14-19(17)25)15-6-8-16(24)9-7-15/h6-9,18H,5,10-14H2,1-4H3/t18-/m0/s1. The molecule has 1 saturated heterocycles. The quantitative estimate of drug-likeness (QED) is 0.676. The first-order valence-corrected chi connectivity index (χ1v) is 10.5. The molecule has 3 rings (SSSR count). The first-order chi connectivity index (χ1) is 14.6. The highest BCUT2D eigenvalue weighted by molar-refractivity contribution is 5.93. The van der Waals surface area contributed by atoms with E-state index in [1.807, 2.05) is 0 Å². The summed E-state index contributed by atoms with van der Waals surface area (Å²) in [5, 5.41) is 0. The van der Waals surface area contributed by atoms with Crippen LogP contribution in [0.1, 0.15) is 58.6 Å². The molecule has 2 heterocycles. The average Bonchev–Trinajstić information content (AvgIpc) is 2.88. The Morgan fingerprint density at radius 2 is 1.81 bits per heavy atom. The number of rotatable bonds is 3. The number of hydrogen-bond donors (Lipinski definition) is 0. The van der Waals surface area contributed by atoms with E-state index < -0.39 is 23.7 Å². The normalized spacial score (nSPS) is 19.6. The number of esters is 1. The fraction of sp³-hybridized carbons (Fsp3) is 0.522. The molecule has 0 aromatic heterocycles. The molecule has 0 N–H and O–H groups in total. The van der Waals surface area contributed by atoms with Gasteiger partial charge in [0.05, 0.1) is 18.2 Å². The van der Waals surface area contributed by atoms with Crippen LogP contribution in [0, 0.1) is 5.82 Å². The van der Waals surface area contributed by atoms with Crippen molar-refractivity contribution in [2.75, 3.05) is 19.7 Å². The highest BCUT2D eigenvalue weighted by atomic mass is 19.1. The Balaban J connectivity index is 2.06. The minimum atomic E-state index is -0.699. The van der Waals surface area contributed by atoms with Gasteiger partial charge in [-0.3, -0.25) is 9.69 Å².